The Morgan fingerprint density at radius 2 is 1.75 bits per heavy atom. The highest BCUT2D eigenvalue weighted by Gasteiger charge is 1.86. The van der Waals surface area contributed by atoms with Crippen molar-refractivity contribution in [1.29, 1.82) is 0 Å². The van der Waals surface area contributed by atoms with Crippen LogP contribution >= 0.6 is 0 Å². The molecule has 0 unspecified atom stereocenters. The van der Waals surface area contributed by atoms with Gasteiger partial charge >= 0.3 is 0 Å². The fourth-order valence-electron chi connectivity index (χ4n) is 0.763. The van der Waals surface area contributed by atoms with Gasteiger partial charge in [0.05, 0.1) is 0 Å². The van der Waals surface area contributed by atoms with Crippen LogP contribution in [0.3, 0.4) is 0 Å². The van der Waals surface area contributed by atoms with Crippen LogP contribution in [-0.4, -0.2) is 6.29 Å². The first-order chi connectivity index (χ1) is 5.86. The molecule has 0 heterocycles. The zero-order chi connectivity index (χ0) is 8.81. The Labute approximate surface area is 71.4 Å². The fourth-order valence-corrected chi connectivity index (χ4v) is 0.763. The summed E-state index contributed by atoms with van der Waals surface area (Å²) in [5, 5.41) is 0. The number of hydrogen-bond donors (Lipinski definition) is 0. The van der Waals surface area contributed by atoms with Crippen molar-refractivity contribution < 1.29 is 4.79 Å². The maximum Gasteiger partial charge on any atom is 0.193 e. The third-order valence-corrected chi connectivity index (χ3v) is 1.33. The normalized spacial score (nSPS) is 7.58. The van der Waals surface area contributed by atoms with Gasteiger partial charge < -0.3 is 0 Å². The minimum atomic E-state index is 0.565. The lowest BCUT2D eigenvalue weighted by Crippen LogP contribution is -1.76. The summed E-state index contributed by atoms with van der Waals surface area (Å²) >= 11 is 0. The molecule has 1 heteroatoms. The van der Waals surface area contributed by atoms with Crippen molar-refractivity contribution in [3.63, 3.8) is 0 Å². The molecule has 56 valence electrons. The summed E-state index contributed by atoms with van der Waals surface area (Å²) in [5.74, 6) is 7.47. The number of carbonyl (C=O) groups excluding carboxylic acids is 1. The largest absolute Gasteiger partial charge is 0.289 e. The Balaban J connectivity index is 2.94. The number of benzene rings is 1. The minimum Gasteiger partial charge on any atom is -0.289 e. The molecule has 12 heavy (non-hydrogen) atoms. The van der Waals surface area contributed by atoms with Gasteiger partial charge in [-0.2, -0.15) is 0 Å². The molecule has 0 fully saturated rings. The zero-order valence-electron chi connectivity index (χ0n) is 6.37. The van der Waals surface area contributed by atoms with Crippen LogP contribution in [0.5, 0.6) is 0 Å². The van der Waals surface area contributed by atoms with E-state index in [-0.39, 0.29) is 0 Å². The lowest BCUT2D eigenvalue weighted by Gasteiger charge is -1.89. The van der Waals surface area contributed by atoms with Crippen LogP contribution in [0.2, 0.25) is 0 Å². The van der Waals surface area contributed by atoms with Gasteiger partial charge in [-0.15, -0.1) is 6.42 Å². The molecular weight excluding hydrogens is 148 g/mol. The molecule has 0 saturated heterocycles. The van der Waals surface area contributed by atoms with Crippen molar-refractivity contribution in [2.24, 2.45) is 0 Å². The maximum atomic E-state index is 9.90. The van der Waals surface area contributed by atoms with Gasteiger partial charge in [-0.1, -0.05) is 11.8 Å². The van der Waals surface area contributed by atoms with Gasteiger partial charge in [0.15, 0.2) is 6.29 Å². The molecule has 0 atom stereocenters. The molecule has 0 aliphatic rings. The summed E-state index contributed by atoms with van der Waals surface area (Å²) in [7, 11) is 0. The summed E-state index contributed by atoms with van der Waals surface area (Å²) in [4.78, 5) is 9.90. The van der Waals surface area contributed by atoms with Crippen molar-refractivity contribution >= 4 is 6.29 Å². The van der Waals surface area contributed by atoms with Crippen molar-refractivity contribution in [1.82, 2.24) is 0 Å². The van der Waals surface area contributed by atoms with Gasteiger partial charge in [-0.05, 0) is 30.2 Å². The Hall–Kier alpha value is -1.99. The van der Waals surface area contributed by atoms with E-state index in [1.807, 2.05) is 0 Å². The van der Waals surface area contributed by atoms with Gasteiger partial charge in [0.1, 0.15) is 0 Å². The second-order valence-corrected chi connectivity index (χ2v) is 2.11. The quantitative estimate of drug-likeness (QED) is 0.405. The van der Waals surface area contributed by atoms with Crippen LogP contribution < -0.4 is 0 Å². The molecule has 0 spiro atoms. The zero-order valence-corrected chi connectivity index (χ0v) is 6.37. The first-order valence-electron chi connectivity index (χ1n) is 3.38. The Morgan fingerprint density at radius 1 is 1.17 bits per heavy atom. The molecule has 1 rings (SSSR count). The van der Waals surface area contributed by atoms with Crippen LogP contribution in [0.25, 0.3) is 0 Å². The van der Waals surface area contributed by atoms with E-state index in [9.17, 15) is 4.79 Å². The predicted molar refractivity (Wildman–Crippen MR) is 47.3 cm³/mol. The number of carbonyl (C=O) groups is 1. The fraction of sp³-hybridized carbons (Fsp3) is 0. The second-order valence-electron chi connectivity index (χ2n) is 2.11. The third kappa shape index (κ3) is 2.01. The van der Waals surface area contributed by atoms with E-state index in [0.717, 1.165) is 11.1 Å². The molecule has 1 aromatic rings. The van der Waals surface area contributed by atoms with Gasteiger partial charge in [0.25, 0.3) is 0 Å². The number of rotatable bonds is 0. The molecule has 0 saturated carbocycles. The minimum absolute atomic E-state index is 0.565. The smallest absolute Gasteiger partial charge is 0.193 e. The molecule has 0 radical (unpaired) electrons. The van der Waals surface area contributed by atoms with E-state index < -0.39 is 0 Å². The lowest BCUT2D eigenvalue weighted by molar-refractivity contribution is -0.103. The first kappa shape index (κ1) is 8.11. The summed E-state index contributed by atoms with van der Waals surface area (Å²) in [5.41, 5.74) is 1.60. The first-order valence-corrected chi connectivity index (χ1v) is 3.38. The van der Waals surface area contributed by atoms with E-state index >= 15 is 0 Å². The SMILES string of the molecule is C#Cc1ccc(C#CC=O)cc1. The monoisotopic (exact) mass is 154 g/mol. The number of terminal acetylenes is 1. The summed E-state index contributed by atoms with van der Waals surface area (Å²) in [6.45, 7) is 0. The number of aldehydes is 1. The topological polar surface area (TPSA) is 17.1 Å². The molecule has 1 nitrogen and oxygen atoms in total. The summed E-state index contributed by atoms with van der Waals surface area (Å²) in [6.07, 6.45) is 5.72. The van der Waals surface area contributed by atoms with Crippen molar-refractivity contribution in [3.05, 3.63) is 35.4 Å². The molecule has 0 aromatic heterocycles. The van der Waals surface area contributed by atoms with Gasteiger partial charge in [0, 0.05) is 11.1 Å². The van der Waals surface area contributed by atoms with E-state index in [4.69, 9.17) is 6.42 Å². The molecular formula is C11H6O. The average Bonchev–Trinajstić information content (AvgIpc) is 2.15. The van der Waals surface area contributed by atoms with Crippen LogP contribution in [0, 0.1) is 24.2 Å². The highest BCUT2D eigenvalue weighted by molar-refractivity contribution is 5.73. The van der Waals surface area contributed by atoms with Gasteiger partial charge in [-0.25, -0.2) is 0 Å². The van der Waals surface area contributed by atoms with Gasteiger partial charge in [0.2, 0.25) is 0 Å². The molecule has 0 aliphatic carbocycles. The lowest BCUT2D eigenvalue weighted by atomic mass is 10.1. The Kier molecular flexibility index (Phi) is 2.71. The van der Waals surface area contributed by atoms with Crippen LogP contribution in [0.1, 0.15) is 11.1 Å². The maximum absolute atomic E-state index is 9.90. The van der Waals surface area contributed by atoms with E-state index in [1.54, 1.807) is 24.3 Å². The second kappa shape index (κ2) is 4.01. The van der Waals surface area contributed by atoms with Gasteiger partial charge in [-0.3, -0.25) is 4.79 Å². The van der Waals surface area contributed by atoms with Crippen LogP contribution in [0.15, 0.2) is 24.3 Å². The molecule has 1 aromatic carbocycles. The Bertz CT molecular complexity index is 368. The van der Waals surface area contributed by atoms with Crippen molar-refractivity contribution in [2.45, 2.75) is 0 Å². The average molecular weight is 154 g/mol. The third-order valence-electron chi connectivity index (χ3n) is 1.33. The molecule has 0 amide bonds. The van der Waals surface area contributed by atoms with E-state index in [1.165, 1.54) is 0 Å². The van der Waals surface area contributed by atoms with Crippen LogP contribution in [0.4, 0.5) is 0 Å². The predicted octanol–water partition coefficient (Wildman–Crippen LogP) is 1.22. The highest BCUT2D eigenvalue weighted by Crippen LogP contribution is 2.00. The van der Waals surface area contributed by atoms with Crippen molar-refractivity contribution in [3.8, 4) is 24.2 Å². The molecule has 0 aliphatic heterocycles. The van der Waals surface area contributed by atoms with E-state index in [2.05, 4.69) is 17.8 Å². The Morgan fingerprint density at radius 3 is 2.25 bits per heavy atom. The highest BCUT2D eigenvalue weighted by atomic mass is 16.1. The summed E-state index contributed by atoms with van der Waals surface area (Å²) in [6, 6.07) is 7.14. The molecule has 0 N–H and O–H groups in total. The van der Waals surface area contributed by atoms with Crippen LogP contribution in [-0.2, 0) is 4.79 Å². The molecule has 0 bridgehead atoms. The van der Waals surface area contributed by atoms with E-state index in [0.29, 0.717) is 6.29 Å². The van der Waals surface area contributed by atoms with Crippen molar-refractivity contribution in [2.75, 3.05) is 0 Å². The standard InChI is InChI=1S/C11H6O/c1-2-10-5-7-11(8-6-10)4-3-9-12/h1,5-9H. The number of hydrogen-bond acceptors (Lipinski definition) is 1. The summed E-state index contributed by atoms with van der Waals surface area (Å²) < 4.78 is 0.